The van der Waals surface area contributed by atoms with Gasteiger partial charge in [-0.2, -0.15) is 0 Å². The molecule has 0 spiro atoms. The van der Waals surface area contributed by atoms with Crippen LogP contribution in [0.2, 0.25) is 0 Å². The minimum absolute atomic E-state index is 0.0459. The van der Waals surface area contributed by atoms with Crippen molar-refractivity contribution < 1.29 is 9.47 Å². The van der Waals surface area contributed by atoms with Gasteiger partial charge < -0.3 is 15.2 Å². The van der Waals surface area contributed by atoms with Gasteiger partial charge in [-0.15, -0.1) is 0 Å². The molecule has 94 valence electrons. The molecular formula is C14H21NO2. The Morgan fingerprint density at radius 3 is 2.47 bits per heavy atom. The zero-order valence-corrected chi connectivity index (χ0v) is 10.8. The van der Waals surface area contributed by atoms with Gasteiger partial charge in [0.1, 0.15) is 0 Å². The summed E-state index contributed by atoms with van der Waals surface area (Å²) in [6, 6.07) is 6.05. The first-order valence-corrected chi connectivity index (χ1v) is 6.23. The first-order chi connectivity index (χ1) is 8.08. The highest BCUT2D eigenvalue weighted by molar-refractivity contribution is 5.44. The van der Waals surface area contributed by atoms with Crippen LogP contribution in [-0.2, 0) is 0 Å². The Balaban J connectivity index is 2.25. The van der Waals surface area contributed by atoms with E-state index in [-0.39, 0.29) is 6.04 Å². The average molecular weight is 235 g/mol. The van der Waals surface area contributed by atoms with Crippen molar-refractivity contribution in [3.8, 4) is 11.5 Å². The maximum absolute atomic E-state index is 6.14. The Morgan fingerprint density at radius 2 is 1.82 bits per heavy atom. The third-order valence-electron chi connectivity index (χ3n) is 3.12. The quantitative estimate of drug-likeness (QED) is 0.857. The van der Waals surface area contributed by atoms with Crippen molar-refractivity contribution in [2.45, 2.75) is 26.8 Å². The molecule has 0 radical (unpaired) electrons. The second-order valence-corrected chi connectivity index (χ2v) is 5.20. The second-order valence-electron chi connectivity index (χ2n) is 5.20. The predicted octanol–water partition coefficient (Wildman–Crippen LogP) is 2.75. The van der Waals surface area contributed by atoms with E-state index in [0.717, 1.165) is 17.1 Å². The number of nitrogens with two attached hydrogens (primary N) is 1. The molecular weight excluding hydrogens is 214 g/mol. The number of rotatable bonds is 2. The fourth-order valence-electron chi connectivity index (χ4n) is 1.86. The van der Waals surface area contributed by atoms with Crippen LogP contribution in [0, 0.1) is 11.8 Å². The van der Waals surface area contributed by atoms with Gasteiger partial charge in [0.05, 0.1) is 13.2 Å². The van der Waals surface area contributed by atoms with Crippen molar-refractivity contribution in [2.24, 2.45) is 17.6 Å². The molecule has 2 rings (SSSR count). The van der Waals surface area contributed by atoms with Crippen molar-refractivity contribution >= 4 is 0 Å². The molecule has 1 aromatic carbocycles. The normalized spacial score (nSPS) is 21.1. The highest BCUT2D eigenvalue weighted by Gasteiger charge is 2.18. The van der Waals surface area contributed by atoms with E-state index in [1.165, 1.54) is 0 Å². The number of ether oxygens (including phenoxy) is 2. The molecule has 2 atom stereocenters. The lowest BCUT2D eigenvalue weighted by Crippen LogP contribution is -2.16. The lowest BCUT2D eigenvalue weighted by Gasteiger charge is -2.17. The third kappa shape index (κ3) is 2.72. The first kappa shape index (κ1) is 12.2. The number of benzene rings is 1. The van der Waals surface area contributed by atoms with Crippen molar-refractivity contribution in [1.82, 2.24) is 0 Å². The van der Waals surface area contributed by atoms with E-state index in [1.54, 1.807) is 0 Å². The van der Waals surface area contributed by atoms with Crippen molar-refractivity contribution in [2.75, 3.05) is 13.2 Å². The SMILES string of the molecule is CC1COc2ccc(C(N)C(C)C)cc2OC1. The standard InChI is InChI=1S/C14H21NO2/c1-9(2)14(15)11-4-5-12-13(6-11)17-8-10(3)7-16-12/h4-6,9-10,14H,7-8,15H2,1-3H3. The van der Waals surface area contributed by atoms with Crippen LogP contribution >= 0.6 is 0 Å². The Labute approximate surface area is 103 Å². The zero-order chi connectivity index (χ0) is 12.4. The smallest absolute Gasteiger partial charge is 0.161 e. The Hall–Kier alpha value is -1.22. The van der Waals surface area contributed by atoms with Gasteiger partial charge in [-0.3, -0.25) is 0 Å². The van der Waals surface area contributed by atoms with E-state index >= 15 is 0 Å². The van der Waals surface area contributed by atoms with Crippen molar-refractivity contribution in [1.29, 1.82) is 0 Å². The fourth-order valence-corrected chi connectivity index (χ4v) is 1.86. The molecule has 2 unspecified atom stereocenters. The topological polar surface area (TPSA) is 44.5 Å². The van der Waals surface area contributed by atoms with Gasteiger partial charge in [0.15, 0.2) is 11.5 Å². The van der Waals surface area contributed by atoms with Crippen LogP contribution < -0.4 is 15.2 Å². The van der Waals surface area contributed by atoms with Crippen LogP contribution in [-0.4, -0.2) is 13.2 Å². The van der Waals surface area contributed by atoms with Crippen molar-refractivity contribution in [3.63, 3.8) is 0 Å². The van der Waals surface area contributed by atoms with E-state index < -0.39 is 0 Å². The second kappa shape index (κ2) is 4.96. The Morgan fingerprint density at radius 1 is 1.18 bits per heavy atom. The van der Waals surface area contributed by atoms with Crippen LogP contribution in [0.3, 0.4) is 0 Å². The summed E-state index contributed by atoms with van der Waals surface area (Å²) >= 11 is 0. The minimum atomic E-state index is 0.0459. The zero-order valence-electron chi connectivity index (χ0n) is 10.8. The summed E-state index contributed by atoms with van der Waals surface area (Å²) in [5.74, 6) is 2.49. The van der Waals surface area contributed by atoms with Crippen LogP contribution in [0.1, 0.15) is 32.4 Å². The van der Waals surface area contributed by atoms with Gasteiger partial charge in [0, 0.05) is 12.0 Å². The van der Waals surface area contributed by atoms with E-state index in [2.05, 4.69) is 20.8 Å². The molecule has 0 aromatic heterocycles. The van der Waals surface area contributed by atoms with E-state index in [9.17, 15) is 0 Å². The van der Waals surface area contributed by atoms with Crippen LogP contribution in [0.25, 0.3) is 0 Å². The minimum Gasteiger partial charge on any atom is -0.489 e. The molecule has 1 aliphatic heterocycles. The lowest BCUT2D eigenvalue weighted by atomic mass is 9.97. The Bertz CT molecular complexity index is 390. The van der Waals surface area contributed by atoms with Gasteiger partial charge in [0.2, 0.25) is 0 Å². The molecule has 0 bridgehead atoms. The third-order valence-corrected chi connectivity index (χ3v) is 3.12. The largest absolute Gasteiger partial charge is 0.489 e. The molecule has 3 nitrogen and oxygen atoms in total. The molecule has 2 N–H and O–H groups in total. The van der Waals surface area contributed by atoms with Crippen LogP contribution in [0.15, 0.2) is 18.2 Å². The molecule has 0 saturated heterocycles. The summed E-state index contributed by atoms with van der Waals surface area (Å²) in [5.41, 5.74) is 7.25. The first-order valence-electron chi connectivity index (χ1n) is 6.23. The van der Waals surface area contributed by atoms with E-state index in [0.29, 0.717) is 25.0 Å². The highest BCUT2D eigenvalue weighted by Crippen LogP contribution is 2.33. The molecule has 1 heterocycles. The van der Waals surface area contributed by atoms with Gasteiger partial charge in [-0.25, -0.2) is 0 Å². The maximum Gasteiger partial charge on any atom is 0.161 e. The van der Waals surface area contributed by atoms with Crippen LogP contribution in [0.5, 0.6) is 11.5 Å². The molecule has 17 heavy (non-hydrogen) atoms. The van der Waals surface area contributed by atoms with E-state index in [4.69, 9.17) is 15.2 Å². The predicted molar refractivity (Wildman–Crippen MR) is 68.4 cm³/mol. The summed E-state index contributed by atoms with van der Waals surface area (Å²) in [6.45, 7) is 7.77. The Kier molecular flexibility index (Phi) is 3.57. The molecule has 3 heteroatoms. The summed E-state index contributed by atoms with van der Waals surface area (Å²) in [5, 5.41) is 0. The summed E-state index contributed by atoms with van der Waals surface area (Å²) < 4.78 is 11.4. The highest BCUT2D eigenvalue weighted by atomic mass is 16.5. The monoisotopic (exact) mass is 235 g/mol. The van der Waals surface area contributed by atoms with Gasteiger partial charge in [-0.05, 0) is 23.6 Å². The summed E-state index contributed by atoms with van der Waals surface area (Å²) in [4.78, 5) is 0. The van der Waals surface area contributed by atoms with Gasteiger partial charge in [-0.1, -0.05) is 26.8 Å². The fraction of sp³-hybridized carbons (Fsp3) is 0.571. The maximum atomic E-state index is 6.14. The van der Waals surface area contributed by atoms with Gasteiger partial charge >= 0.3 is 0 Å². The number of hydrogen-bond donors (Lipinski definition) is 1. The number of hydrogen-bond acceptors (Lipinski definition) is 3. The summed E-state index contributed by atoms with van der Waals surface area (Å²) in [6.07, 6.45) is 0. The lowest BCUT2D eigenvalue weighted by molar-refractivity contribution is 0.228. The molecule has 1 aromatic rings. The molecule has 0 aliphatic carbocycles. The summed E-state index contributed by atoms with van der Waals surface area (Å²) in [7, 11) is 0. The molecule has 0 fully saturated rings. The van der Waals surface area contributed by atoms with Crippen molar-refractivity contribution in [3.05, 3.63) is 23.8 Å². The molecule has 0 amide bonds. The van der Waals surface area contributed by atoms with E-state index in [1.807, 2.05) is 18.2 Å². The number of fused-ring (bicyclic) bond motifs is 1. The molecule has 1 aliphatic rings. The van der Waals surface area contributed by atoms with Gasteiger partial charge in [0.25, 0.3) is 0 Å². The average Bonchev–Trinajstić information content (AvgIpc) is 2.50. The van der Waals surface area contributed by atoms with Crippen LogP contribution in [0.4, 0.5) is 0 Å². The molecule has 0 saturated carbocycles.